The SMILES string of the molecule is C=C1/C=C/C=C2/C=C\C=C/C(=C\CC3(C(=C)/C=C\C=C/Cc4ccnc(-c5ccccc5)cc(-c5ccccc5)ccc43)c3ccccc31)c1ccccc12. The first-order valence-electron chi connectivity index (χ1n) is 18.9. The van der Waals surface area contributed by atoms with Crippen LogP contribution in [0.2, 0.25) is 0 Å². The first-order valence-corrected chi connectivity index (χ1v) is 18.9. The number of benzene rings is 4. The molecule has 0 amide bonds. The van der Waals surface area contributed by atoms with Crippen LogP contribution in [-0.4, -0.2) is 4.98 Å². The molecule has 5 aromatic rings. The van der Waals surface area contributed by atoms with E-state index in [2.05, 4.69) is 207 Å². The Morgan fingerprint density at radius 1 is 0.509 bits per heavy atom. The molecule has 0 fully saturated rings. The predicted molar refractivity (Wildman–Crippen MR) is 235 cm³/mol. The van der Waals surface area contributed by atoms with Crippen LogP contribution in [0, 0.1) is 0 Å². The lowest BCUT2D eigenvalue weighted by Gasteiger charge is -2.38. The molecule has 0 N–H and O–H groups in total. The Morgan fingerprint density at radius 3 is 1.95 bits per heavy atom. The first-order chi connectivity index (χ1) is 27.1. The van der Waals surface area contributed by atoms with Gasteiger partial charge in [0, 0.05) is 17.2 Å². The molecule has 8 rings (SSSR count). The van der Waals surface area contributed by atoms with E-state index in [4.69, 9.17) is 11.6 Å². The van der Waals surface area contributed by atoms with Crippen LogP contribution in [0.25, 0.3) is 39.1 Å². The maximum absolute atomic E-state index is 5.15. The van der Waals surface area contributed by atoms with Gasteiger partial charge in [-0.05, 0) is 91.8 Å². The third-order valence-corrected chi connectivity index (χ3v) is 10.8. The van der Waals surface area contributed by atoms with Crippen LogP contribution < -0.4 is 0 Å². The van der Waals surface area contributed by atoms with Crippen molar-refractivity contribution in [1.82, 2.24) is 4.98 Å². The van der Waals surface area contributed by atoms with Crippen molar-refractivity contribution in [1.29, 1.82) is 0 Å². The van der Waals surface area contributed by atoms with E-state index in [1.807, 2.05) is 12.3 Å². The molecule has 1 unspecified atom stereocenters. The Kier molecular flexibility index (Phi) is 10.3. The molecule has 1 spiro atoms. The monoisotopic (exact) mass is 705 g/mol. The summed E-state index contributed by atoms with van der Waals surface area (Å²) in [5.74, 6) is 0. The molecular weight excluding hydrogens is 663 g/mol. The number of aromatic nitrogens is 1. The molecule has 1 aromatic heterocycles. The van der Waals surface area contributed by atoms with Crippen LogP contribution in [0.1, 0.15) is 39.8 Å². The third-order valence-electron chi connectivity index (χ3n) is 10.8. The van der Waals surface area contributed by atoms with Gasteiger partial charge in [0.1, 0.15) is 0 Å². The van der Waals surface area contributed by atoms with Gasteiger partial charge in [-0.15, -0.1) is 0 Å². The highest BCUT2D eigenvalue weighted by Gasteiger charge is 2.39. The minimum Gasteiger partial charge on any atom is -0.256 e. The molecule has 3 aliphatic carbocycles. The summed E-state index contributed by atoms with van der Waals surface area (Å²) in [5, 5.41) is 0. The second-order valence-electron chi connectivity index (χ2n) is 14.0. The third kappa shape index (κ3) is 7.26. The van der Waals surface area contributed by atoms with Crippen molar-refractivity contribution in [2.24, 2.45) is 0 Å². The fraction of sp³-hybridized carbons (Fsp3) is 0.0556. The summed E-state index contributed by atoms with van der Waals surface area (Å²) in [6, 6.07) is 47.5. The highest BCUT2D eigenvalue weighted by molar-refractivity contribution is 5.89. The average molecular weight is 706 g/mol. The highest BCUT2D eigenvalue weighted by atomic mass is 14.7. The number of hydrogen-bond acceptors (Lipinski definition) is 1. The van der Waals surface area contributed by atoms with E-state index in [0.717, 1.165) is 56.7 Å². The fourth-order valence-corrected chi connectivity index (χ4v) is 7.97. The zero-order valence-electron chi connectivity index (χ0n) is 31.0. The van der Waals surface area contributed by atoms with E-state index >= 15 is 0 Å². The molecule has 1 heteroatoms. The lowest BCUT2D eigenvalue weighted by atomic mass is 9.64. The largest absolute Gasteiger partial charge is 0.256 e. The van der Waals surface area contributed by atoms with Gasteiger partial charge in [-0.2, -0.15) is 0 Å². The molecule has 55 heavy (non-hydrogen) atoms. The van der Waals surface area contributed by atoms with Crippen molar-refractivity contribution in [3.63, 3.8) is 0 Å². The van der Waals surface area contributed by atoms with Crippen LogP contribution in [0.4, 0.5) is 0 Å². The molecule has 2 bridgehead atoms. The van der Waals surface area contributed by atoms with E-state index in [1.165, 1.54) is 27.8 Å². The molecule has 0 aliphatic heterocycles. The predicted octanol–water partition coefficient (Wildman–Crippen LogP) is 13.6. The Labute approximate surface area is 325 Å². The van der Waals surface area contributed by atoms with E-state index in [9.17, 15) is 0 Å². The maximum Gasteiger partial charge on any atom is 0.0708 e. The van der Waals surface area contributed by atoms with Gasteiger partial charge in [-0.1, -0.05) is 207 Å². The summed E-state index contributed by atoms with van der Waals surface area (Å²) in [6.45, 7) is 9.60. The number of hydrogen-bond donors (Lipinski definition) is 0. The number of rotatable bonds is 2. The quantitative estimate of drug-likeness (QED) is 0.178. The Morgan fingerprint density at radius 2 is 1.16 bits per heavy atom. The van der Waals surface area contributed by atoms with E-state index < -0.39 is 5.41 Å². The Hall–Kier alpha value is -6.83. The van der Waals surface area contributed by atoms with Crippen molar-refractivity contribution in [2.75, 3.05) is 0 Å². The van der Waals surface area contributed by atoms with E-state index in [1.54, 1.807) is 0 Å². The zero-order chi connectivity index (χ0) is 37.5. The summed E-state index contributed by atoms with van der Waals surface area (Å²) in [5.41, 5.74) is 14.7. The van der Waals surface area contributed by atoms with Crippen LogP contribution >= 0.6 is 0 Å². The normalized spacial score (nSPS) is 22.1. The van der Waals surface area contributed by atoms with Gasteiger partial charge in [0.2, 0.25) is 0 Å². The van der Waals surface area contributed by atoms with Crippen molar-refractivity contribution < 1.29 is 0 Å². The average Bonchev–Trinajstić information content (AvgIpc) is 3.28. The fourth-order valence-electron chi connectivity index (χ4n) is 7.97. The molecule has 1 nitrogen and oxygen atoms in total. The van der Waals surface area contributed by atoms with E-state index in [-0.39, 0.29) is 0 Å². The molecule has 1 atom stereocenters. The minimum atomic E-state index is -0.697. The van der Waals surface area contributed by atoms with Crippen LogP contribution in [0.5, 0.6) is 0 Å². The van der Waals surface area contributed by atoms with Crippen LogP contribution in [0.3, 0.4) is 0 Å². The van der Waals surface area contributed by atoms with Crippen molar-refractivity contribution in [3.05, 3.63) is 265 Å². The molecule has 1 heterocycles. The second kappa shape index (κ2) is 16.0. The molecule has 4 aromatic carbocycles. The molecule has 3 aliphatic rings. The molecule has 0 saturated carbocycles. The van der Waals surface area contributed by atoms with Gasteiger partial charge < -0.3 is 0 Å². The summed E-state index contributed by atoms with van der Waals surface area (Å²) >= 11 is 0. The second-order valence-corrected chi connectivity index (χ2v) is 14.0. The van der Waals surface area contributed by atoms with Gasteiger partial charge in [0.15, 0.2) is 0 Å². The van der Waals surface area contributed by atoms with Gasteiger partial charge >= 0.3 is 0 Å². The minimum absolute atomic E-state index is 0.654. The van der Waals surface area contributed by atoms with Crippen LogP contribution in [0.15, 0.2) is 231 Å². The number of nitrogens with zero attached hydrogens (tertiary/aromatic N) is 1. The van der Waals surface area contributed by atoms with Gasteiger partial charge in [-0.3, -0.25) is 4.98 Å². The maximum atomic E-state index is 5.15. The standard InChI is InChI=1S/C54H43N/c1-40-19-18-28-43-23-12-13-24-44(50-31-15-14-30-49(43)50)35-37-54(52-32-17-16-29-48(40)52)41(2)20-6-3-9-25-45-36-38-55-53(46-26-10-5-11-27-46)39-47(33-34-51(45)54)42-21-7-4-8-22-42/h3-24,26-36,38-39H,1-2,25,37H2/b9-3-,19-18+,20-6-,23-12-,24-13-,34-33?,38-36?,43-28-,44-35+,45-36?,47-33?,47-39?,51-34?,51-45?,53-39?,55-38?,55-53?. The lowest BCUT2D eigenvalue weighted by molar-refractivity contribution is 0.622. The summed E-state index contributed by atoms with van der Waals surface area (Å²) in [4.78, 5) is 5.15. The topological polar surface area (TPSA) is 12.9 Å². The lowest BCUT2D eigenvalue weighted by Crippen LogP contribution is -2.31. The molecule has 0 saturated heterocycles. The molecule has 0 radical (unpaired) electrons. The van der Waals surface area contributed by atoms with Crippen molar-refractivity contribution in [3.8, 4) is 22.4 Å². The smallest absolute Gasteiger partial charge is 0.0708 e. The van der Waals surface area contributed by atoms with Gasteiger partial charge in [-0.25, -0.2) is 0 Å². The summed E-state index contributed by atoms with van der Waals surface area (Å²) in [6.07, 6.45) is 29.6. The zero-order valence-corrected chi connectivity index (χ0v) is 31.0. The number of fused-ring (bicyclic) bond motifs is 4. The molecular formula is C54H43N. The highest BCUT2D eigenvalue weighted by Crippen LogP contribution is 2.48. The summed E-state index contributed by atoms with van der Waals surface area (Å²) in [7, 11) is 0. The Bertz CT molecular complexity index is 2550. The van der Waals surface area contributed by atoms with Crippen molar-refractivity contribution in [2.45, 2.75) is 18.3 Å². The van der Waals surface area contributed by atoms with Gasteiger partial charge in [0.25, 0.3) is 0 Å². The Balaban J connectivity index is 1.50. The molecule has 264 valence electrons. The van der Waals surface area contributed by atoms with Crippen LogP contribution in [-0.2, 0) is 11.8 Å². The van der Waals surface area contributed by atoms with E-state index in [0.29, 0.717) is 6.42 Å². The van der Waals surface area contributed by atoms with Gasteiger partial charge in [0.05, 0.1) is 5.69 Å². The first kappa shape index (κ1) is 35.2. The summed E-state index contributed by atoms with van der Waals surface area (Å²) < 4.78 is 0. The van der Waals surface area contributed by atoms with Crippen molar-refractivity contribution >= 4 is 16.7 Å². The number of allylic oxidation sites excluding steroid dienone is 16.